The zero-order chi connectivity index (χ0) is 21.9. The number of nitrogens with zero attached hydrogens (tertiary/aromatic N) is 4. The van der Waals surface area contributed by atoms with Gasteiger partial charge in [0.15, 0.2) is 17.5 Å². The van der Waals surface area contributed by atoms with Crippen LogP contribution in [0.4, 0.5) is 0 Å². The van der Waals surface area contributed by atoms with Gasteiger partial charge in [-0.2, -0.15) is 0 Å². The van der Waals surface area contributed by atoms with Crippen LogP contribution in [-0.4, -0.2) is 20.7 Å². The van der Waals surface area contributed by atoms with Crippen molar-refractivity contribution in [2.75, 3.05) is 0 Å². The van der Waals surface area contributed by atoms with E-state index in [1.54, 1.807) is 0 Å². The van der Waals surface area contributed by atoms with Crippen LogP contribution in [0, 0.1) is 0 Å². The molecule has 0 spiro atoms. The zero-order valence-electron chi connectivity index (χ0n) is 18.0. The molecule has 5 heteroatoms. The van der Waals surface area contributed by atoms with Crippen molar-refractivity contribution < 1.29 is 0 Å². The zero-order valence-corrected chi connectivity index (χ0v) is 18.0. The van der Waals surface area contributed by atoms with Crippen LogP contribution in [0.1, 0.15) is 25.6 Å². The Hall–Kier alpha value is -4.12. The highest BCUT2D eigenvalue weighted by atomic mass is 15.1. The van der Waals surface area contributed by atoms with Crippen molar-refractivity contribution in [3.8, 4) is 34.2 Å². The van der Waals surface area contributed by atoms with Gasteiger partial charge in [-0.1, -0.05) is 84.9 Å². The summed E-state index contributed by atoms with van der Waals surface area (Å²) in [4.78, 5) is 19.0. The minimum Gasteiger partial charge on any atom is -0.364 e. The molecule has 5 rings (SSSR count). The molecule has 1 unspecified atom stereocenters. The lowest BCUT2D eigenvalue weighted by Gasteiger charge is -2.21. The van der Waals surface area contributed by atoms with Gasteiger partial charge in [-0.05, 0) is 25.5 Å². The second-order valence-corrected chi connectivity index (χ2v) is 7.80. The Morgan fingerprint density at radius 2 is 1.06 bits per heavy atom. The third kappa shape index (κ3) is 4.18. The van der Waals surface area contributed by atoms with Crippen LogP contribution in [-0.2, 0) is 0 Å². The molecule has 3 aromatic carbocycles. The molecule has 0 radical (unpaired) electrons. The van der Waals surface area contributed by atoms with Crippen molar-refractivity contribution >= 4 is 5.71 Å². The van der Waals surface area contributed by atoms with Gasteiger partial charge in [0, 0.05) is 28.1 Å². The van der Waals surface area contributed by atoms with E-state index in [9.17, 15) is 0 Å². The molecule has 0 saturated heterocycles. The Balaban J connectivity index is 1.55. The SMILES string of the molecule is CC1=CC(C)=NC(c2ccc(-c3nc(-c4ccccc4)nc(-c4ccccc4)n3)cc2)N1. The van der Waals surface area contributed by atoms with E-state index >= 15 is 0 Å². The quantitative estimate of drug-likeness (QED) is 0.453. The third-order valence-corrected chi connectivity index (χ3v) is 5.31. The Morgan fingerprint density at radius 3 is 1.53 bits per heavy atom. The molecular weight excluding hydrogens is 394 g/mol. The largest absolute Gasteiger partial charge is 0.364 e. The van der Waals surface area contributed by atoms with Gasteiger partial charge in [0.25, 0.3) is 0 Å². The lowest BCUT2D eigenvalue weighted by Crippen LogP contribution is -2.22. The molecular formula is C27H23N5. The number of allylic oxidation sites excluding steroid dienone is 2. The van der Waals surface area contributed by atoms with Crippen molar-refractivity contribution in [3.05, 3.63) is 102 Å². The molecule has 1 N–H and O–H groups in total. The van der Waals surface area contributed by atoms with E-state index in [1.165, 1.54) is 0 Å². The number of hydrogen-bond donors (Lipinski definition) is 1. The first-order valence-corrected chi connectivity index (χ1v) is 10.6. The van der Waals surface area contributed by atoms with Gasteiger partial charge in [-0.25, -0.2) is 15.0 Å². The summed E-state index contributed by atoms with van der Waals surface area (Å²) in [5.41, 5.74) is 6.10. The Labute approximate surface area is 187 Å². The summed E-state index contributed by atoms with van der Waals surface area (Å²) in [5, 5.41) is 3.42. The average Bonchev–Trinajstić information content (AvgIpc) is 2.84. The topological polar surface area (TPSA) is 63.1 Å². The van der Waals surface area contributed by atoms with Crippen LogP contribution < -0.4 is 5.32 Å². The van der Waals surface area contributed by atoms with Crippen molar-refractivity contribution in [3.63, 3.8) is 0 Å². The minimum atomic E-state index is -0.0767. The van der Waals surface area contributed by atoms with E-state index in [-0.39, 0.29) is 6.17 Å². The fraction of sp³-hybridized carbons (Fsp3) is 0.111. The number of aliphatic imine (C=N–C) groups is 1. The van der Waals surface area contributed by atoms with Gasteiger partial charge >= 0.3 is 0 Å². The summed E-state index contributed by atoms with van der Waals surface area (Å²) in [6, 6.07) is 28.3. The van der Waals surface area contributed by atoms with Crippen LogP contribution in [0.2, 0.25) is 0 Å². The number of benzene rings is 3. The van der Waals surface area contributed by atoms with Crippen molar-refractivity contribution in [2.24, 2.45) is 4.99 Å². The molecule has 0 bridgehead atoms. The van der Waals surface area contributed by atoms with Crippen molar-refractivity contribution in [1.82, 2.24) is 20.3 Å². The number of rotatable bonds is 4. The second-order valence-electron chi connectivity index (χ2n) is 7.80. The predicted octanol–water partition coefficient (Wildman–Crippen LogP) is 5.84. The smallest absolute Gasteiger partial charge is 0.164 e. The summed E-state index contributed by atoms with van der Waals surface area (Å²) in [6.45, 7) is 4.08. The van der Waals surface area contributed by atoms with Gasteiger partial charge in [0.05, 0.1) is 0 Å². The molecule has 2 heterocycles. The van der Waals surface area contributed by atoms with Gasteiger partial charge in [0.2, 0.25) is 0 Å². The van der Waals surface area contributed by atoms with Gasteiger partial charge in [0.1, 0.15) is 6.17 Å². The molecule has 1 aliphatic rings. The summed E-state index contributed by atoms with van der Waals surface area (Å²) >= 11 is 0. The predicted molar refractivity (Wildman–Crippen MR) is 129 cm³/mol. The van der Waals surface area contributed by atoms with E-state index in [1.807, 2.05) is 73.7 Å². The first kappa shape index (κ1) is 19.8. The molecule has 156 valence electrons. The fourth-order valence-corrected chi connectivity index (χ4v) is 3.75. The van der Waals surface area contributed by atoms with E-state index in [2.05, 4.69) is 36.5 Å². The Morgan fingerprint density at radius 1 is 0.594 bits per heavy atom. The highest BCUT2D eigenvalue weighted by molar-refractivity contribution is 5.94. The number of aromatic nitrogens is 3. The van der Waals surface area contributed by atoms with E-state index < -0.39 is 0 Å². The average molecular weight is 418 g/mol. The molecule has 0 aliphatic carbocycles. The summed E-state index contributed by atoms with van der Waals surface area (Å²) < 4.78 is 0. The first-order valence-electron chi connectivity index (χ1n) is 10.6. The molecule has 1 atom stereocenters. The second kappa shape index (κ2) is 8.55. The lowest BCUT2D eigenvalue weighted by molar-refractivity contribution is 0.619. The monoisotopic (exact) mass is 417 g/mol. The van der Waals surface area contributed by atoms with Crippen molar-refractivity contribution in [2.45, 2.75) is 20.0 Å². The maximum atomic E-state index is 4.79. The van der Waals surface area contributed by atoms with Crippen LogP contribution in [0.15, 0.2) is 102 Å². The lowest BCUT2D eigenvalue weighted by atomic mass is 10.1. The molecule has 1 aromatic heterocycles. The normalized spacial score (nSPS) is 15.5. The number of nitrogens with one attached hydrogen (secondary N) is 1. The van der Waals surface area contributed by atoms with E-state index in [4.69, 9.17) is 19.9 Å². The van der Waals surface area contributed by atoms with Crippen LogP contribution in [0.25, 0.3) is 34.2 Å². The molecule has 0 amide bonds. The summed E-state index contributed by atoms with van der Waals surface area (Å²) in [6.07, 6.45) is 1.97. The molecule has 0 saturated carbocycles. The van der Waals surface area contributed by atoms with Gasteiger partial charge in [-0.15, -0.1) is 0 Å². The molecule has 5 nitrogen and oxygen atoms in total. The third-order valence-electron chi connectivity index (χ3n) is 5.31. The molecule has 0 fully saturated rings. The van der Waals surface area contributed by atoms with Crippen LogP contribution in [0.5, 0.6) is 0 Å². The van der Waals surface area contributed by atoms with E-state index in [0.29, 0.717) is 17.5 Å². The summed E-state index contributed by atoms with van der Waals surface area (Å²) in [5.74, 6) is 1.97. The highest BCUT2D eigenvalue weighted by Crippen LogP contribution is 2.26. The van der Waals surface area contributed by atoms with Crippen LogP contribution >= 0.6 is 0 Å². The minimum absolute atomic E-state index is 0.0767. The highest BCUT2D eigenvalue weighted by Gasteiger charge is 2.15. The Bertz CT molecular complexity index is 1240. The van der Waals surface area contributed by atoms with Gasteiger partial charge in [-0.3, -0.25) is 4.99 Å². The maximum Gasteiger partial charge on any atom is 0.164 e. The standard InChI is InChI=1S/C27H23N5/c1-18-17-19(2)29-24(28-18)22-13-15-23(16-14-22)27-31-25(20-9-5-3-6-10-20)30-26(32-27)21-11-7-4-8-12-21/h3-17,24,28H,1-2H3. The first-order chi connectivity index (χ1) is 15.7. The number of hydrogen-bond acceptors (Lipinski definition) is 5. The fourth-order valence-electron chi connectivity index (χ4n) is 3.75. The molecule has 4 aromatic rings. The Kier molecular flexibility index (Phi) is 5.30. The van der Waals surface area contributed by atoms with Gasteiger partial charge < -0.3 is 5.32 Å². The van der Waals surface area contributed by atoms with Crippen molar-refractivity contribution in [1.29, 1.82) is 0 Å². The molecule has 1 aliphatic heterocycles. The summed E-state index contributed by atoms with van der Waals surface area (Å²) in [7, 11) is 0. The molecule has 32 heavy (non-hydrogen) atoms. The maximum absolute atomic E-state index is 4.79. The van der Waals surface area contributed by atoms with Crippen LogP contribution in [0.3, 0.4) is 0 Å². The van der Waals surface area contributed by atoms with E-state index in [0.717, 1.165) is 33.7 Å².